The van der Waals surface area contributed by atoms with E-state index in [2.05, 4.69) is 10.6 Å². The van der Waals surface area contributed by atoms with Gasteiger partial charge in [-0.2, -0.15) is 0 Å². The molecule has 2 aromatic rings. The van der Waals surface area contributed by atoms with E-state index in [9.17, 15) is 24.0 Å². The van der Waals surface area contributed by atoms with E-state index in [0.717, 1.165) is 10.5 Å². The first-order chi connectivity index (χ1) is 18.2. The standard InChI is InChI=1S/C26H31N3O9/c1-36-13-12-23(31)29(16-24(32)33)15-22(30)28-21(25(34)37-2)14-18-8-10-20(11-9-18)27-26(35)38-17-19-6-4-3-5-7-19/h3-11,21H,12-17H2,1-2H3,(H,27,35)(H,28,30)(H,32,33)/t21-/m0/s1. The van der Waals surface area contributed by atoms with Crippen molar-refractivity contribution in [1.29, 1.82) is 0 Å². The van der Waals surface area contributed by atoms with Gasteiger partial charge in [-0.3, -0.25) is 19.7 Å². The van der Waals surface area contributed by atoms with Crippen molar-refractivity contribution in [3.63, 3.8) is 0 Å². The number of rotatable bonds is 14. The van der Waals surface area contributed by atoms with Gasteiger partial charge in [0.15, 0.2) is 0 Å². The number of esters is 1. The van der Waals surface area contributed by atoms with Crippen molar-refractivity contribution in [3.8, 4) is 0 Å². The van der Waals surface area contributed by atoms with E-state index in [1.54, 1.807) is 24.3 Å². The molecule has 0 fully saturated rings. The number of amides is 3. The van der Waals surface area contributed by atoms with Crippen LogP contribution in [-0.2, 0) is 46.4 Å². The van der Waals surface area contributed by atoms with Crippen LogP contribution in [0.15, 0.2) is 54.6 Å². The van der Waals surface area contributed by atoms with Gasteiger partial charge < -0.3 is 29.5 Å². The van der Waals surface area contributed by atoms with Gasteiger partial charge >= 0.3 is 18.0 Å². The van der Waals surface area contributed by atoms with Gasteiger partial charge in [-0.25, -0.2) is 9.59 Å². The van der Waals surface area contributed by atoms with Gasteiger partial charge in [0.2, 0.25) is 11.8 Å². The zero-order valence-corrected chi connectivity index (χ0v) is 21.2. The predicted molar refractivity (Wildman–Crippen MR) is 135 cm³/mol. The Labute approximate surface area is 219 Å². The van der Waals surface area contributed by atoms with E-state index >= 15 is 0 Å². The highest BCUT2D eigenvalue weighted by molar-refractivity contribution is 5.90. The molecule has 0 heterocycles. The van der Waals surface area contributed by atoms with E-state index in [0.29, 0.717) is 11.3 Å². The van der Waals surface area contributed by atoms with E-state index in [1.807, 2.05) is 30.3 Å². The first-order valence-electron chi connectivity index (χ1n) is 11.6. The molecule has 1 atom stereocenters. The molecule has 0 unspecified atom stereocenters. The summed E-state index contributed by atoms with van der Waals surface area (Å²) in [5.41, 5.74) is 1.95. The van der Waals surface area contributed by atoms with Crippen LogP contribution in [0.25, 0.3) is 0 Å². The molecule has 0 aromatic heterocycles. The van der Waals surface area contributed by atoms with Gasteiger partial charge in [-0.15, -0.1) is 0 Å². The number of carboxylic acids is 1. The van der Waals surface area contributed by atoms with E-state index in [-0.39, 0.29) is 26.1 Å². The number of anilines is 1. The van der Waals surface area contributed by atoms with Crippen LogP contribution in [0.1, 0.15) is 17.5 Å². The number of nitrogens with zero attached hydrogens (tertiary/aromatic N) is 1. The summed E-state index contributed by atoms with van der Waals surface area (Å²) in [6.45, 7) is -1.05. The number of hydrogen-bond donors (Lipinski definition) is 3. The van der Waals surface area contributed by atoms with Gasteiger partial charge in [0.25, 0.3) is 0 Å². The lowest BCUT2D eigenvalue weighted by Gasteiger charge is -2.22. The third-order valence-electron chi connectivity index (χ3n) is 5.21. The summed E-state index contributed by atoms with van der Waals surface area (Å²) < 4.78 is 14.8. The summed E-state index contributed by atoms with van der Waals surface area (Å²) >= 11 is 0. The predicted octanol–water partition coefficient (Wildman–Crippen LogP) is 1.59. The first-order valence-corrected chi connectivity index (χ1v) is 11.6. The molecule has 204 valence electrons. The second-order valence-electron chi connectivity index (χ2n) is 8.12. The molecule has 2 rings (SSSR count). The fraction of sp³-hybridized carbons (Fsp3) is 0.346. The lowest BCUT2D eigenvalue weighted by atomic mass is 10.1. The Kier molecular flexibility index (Phi) is 12.2. The van der Waals surface area contributed by atoms with Crippen molar-refractivity contribution in [1.82, 2.24) is 10.2 Å². The van der Waals surface area contributed by atoms with Crippen LogP contribution in [0.3, 0.4) is 0 Å². The monoisotopic (exact) mass is 529 g/mol. The summed E-state index contributed by atoms with van der Waals surface area (Å²) in [7, 11) is 2.56. The van der Waals surface area contributed by atoms with E-state index < -0.39 is 49.0 Å². The summed E-state index contributed by atoms with van der Waals surface area (Å²) in [5, 5.41) is 14.2. The summed E-state index contributed by atoms with van der Waals surface area (Å²) in [6, 6.07) is 14.6. The second-order valence-corrected chi connectivity index (χ2v) is 8.12. The van der Waals surface area contributed by atoms with Crippen LogP contribution in [-0.4, -0.2) is 79.8 Å². The fourth-order valence-electron chi connectivity index (χ4n) is 3.33. The highest BCUT2D eigenvalue weighted by Crippen LogP contribution is 2.13. The zero-order valence-electron chi connectivity index (χ0n) is 21.2. The molecule has 38 heavy (non-hydrogen) atoms. The maximum atomic E-state index is 12.6. The molecule has 0 radical (unpaired) electrons. The molecule has 0 aliphatic heterocycles. The Morgan fingerprint density at radius 2 is 1.61 bits per heavy atom. The number of carbonyl (C=O) groups excluding carboxylic acids is 4. The quantitative estimate of drug-likeness (QED) is 0.309. The van der Waals surface area contributed by atoms with Crippen LogP contribution >= 0.6 is 0 Å². The van der Waals surface area contributed by atoms with Crippen molar-refractivity contribution in [2.75, 3.05) is 39.2 Å². The SMILES string of the molecule is COCCC(=O)N(CC(=O)O)CC(=O)N[C@@H](Cc1ccc(NC(=O)OCc2ccccc2)cc1)C(=O)OC. The second kappa shape index (κ2) is 15.6. The third-order valence-corrected chi connectivity index (χ3v) is 5.21. The summed E-state index contributed by atoms with van der Waals surface area (Å²) in [5.74, 6) is -3.32. The largest absolute Gasteiger partial charge is 0.480 e. The Balaban J connectivity index is 1.95. The molecule has 3 amide bonds. The van der Waals surface area contributed by atoms with Gasteiger partial charge in [0.05, 0.1) is 20.1 Å². The van der Waals surface area contributed by atoms with Crippen molar-refractivity contribution in [2.24, 2.45) is 0 Å². The number of methoxy groups -OCH3 is 2. The molecule has 0 aliphatic carbocycles. The minimum absolute atomic E-state index is 0.0493. The number of benzene rings is 2. The van der Waals surface area contributed by atoms with Gasteiger partial charge in [-0.05, 0) is 23.3 Å². The molecule has 0 saturated heterocycles. The Morgan fingerprint density at radius 1 is 0.921 bits per heavy atom. The molecule has 0 aliphatic rings. The molecular formula is C26H31N3O9. The molecule has 0 spiro atoms. The fourth-order valence-corrected chi connectivity index (χ4v) is 3.33. The number of carbonyl (C=O) groups is 5. The van der Waals surface area contributed by atoms with Crippen LogP contribution in [0.2, 0.25) is 0 Å². The van der Waals surface area contributed by atoms with Crippen molar-refractivity contribution in [3.05, 3.63) is 65.7 Å². The number of hydrogen-bond acceptors (Lipinski definition) is 8. The van der Waals surface area contributed by atoms with Crippen molar-refractivity contribution < 1.29 is 43.3 Å². The minimum Gasteiger partial charge on any atom is -0.480 e. The Morgan fingerprint density at radius 3 is 2.21 bits per heavy atom. The highest BCUT2D eigenvalue weighted by Gasteiger charge is 2.25. The summed E-state index contributed by atoms with van der Waals surface area (Å²) in [4.78, 5) is 61.1. The average Bonchev–Trinajstić information content (AvgIpc) is 2.90. The maximum Gasteiger partial charge on any atom is 0.411 e. The Bertz CT molecular complexity index is 1090. The summed E-state index contributed by atoms with van der Waals surface area (Å²) in [6.07, 6.45) is -0.682. The Hall–Kier alpha value is -4.45. The van der Waals surface area contributed by atoms with Crippen LogP contribution < -0.4 is 10.6 Å². The van der Waals surface area contributed by atoms with Crippen LogP contribution in [0, 0.1) is 0 Å². The smallest absolute Gasteiger partial charge is 0.411 e. The van der Waals surface area contributed by atoms with Crippen LogP contribution in [0.4, 0.5) is 10.5 Å². The number of nitrogens with one attached hydrogen (secondary N) is 2. The lowest BCUT2D eigenvalue weighted by molar-refractivity contribution is -0.148. The van der Waals surface area contributed by atoms with Gasteiger partial charge in [0.1, 0.15) is 25.7 Å². The lowest BCUT2D eigenvalue weighted by Crippen LogP contribution is -2.49. The molecule has 12 heteroatoms. The normalized spacial score (nSPS) is 11.1. The van der Waals surface area contributed by atoms with Gasteiger partial charge in [-0.1, -0.05) is 42.5 Å². The molecule has 3 N–H and O–H groups in total. The van der Waals surface area contributed by atoms with E-state index in [4.69, 9.17) is 19.3 Å². The molecule has 12 nitrogen and oxygen atoms in total. The third kappa shape index (κ3) is 10.7. The average molecular weight is 530 g/mol. The topological polar surface area (TPSA) is 161 Å². The van der Waals surface area contributed by atoms with Gasteiger partial charge in [0, 0.05) is 19.2 Å². The molecule has 0 saturated carbocycles. The zero-order chi connectivity index (χ0) is 27.9. The minimum atomic E-state index is -1.29. The number of carboxylic acid groups (broad SMARTS) is 1. The molecule has 0 bridgehead atoms. The number of ether oxygens (including phenoxy) is 3. The molecular weight excluding hydrogens is 498 g/mol. The first kappa shape index (κ1) is 29.8. The van der Waals surface area contributed by atoms with Crippen molar-refractivity contribution in [2.45, 2.75) is 25.5 Å². The highest BCUT2D eigenvalue weighted by atomic mass is 16.5. The van der Waals surface area contributed by atoms with Crippen molar-refractivity contribution >= 4 is 35.5 Å². The number of aliphatic carboxylic acids is 1. The molecule has 2 aromatic carbocycles. The van der Waals surface area contributed by atoms with E-state index in [1.165, 1.54) is 14.2 Å². The van der Waals surface area contributed by atoms with Crippen LogP contribution in [0.5, 0.6) is 0 Å². The maximum absolute atomic E-state index is 12.6.